The molecule has 2 saturated heterocycles. The van der Waals surface area contributed by atoms with Crippen LogP contribution in [0.2, 0.25) is 0 Å². The third-order valence-corrected chi connectivity index (χ3v) is 13.1. The first kappa shape index (κ1) is 60.5. The normalized spacial score (nSPS) is 17.6. The summed E-state index contributed by atoms with van der Waals surface area (Å²) in [7, 11) is 0. The average molecular weight is 1120 g/mol. The largest absolute Gasteiger partial charge is 0.487 e. The predicted octanol–water partition coefficient (Wildman–Crippen LogP) is 3.77. The fourth-order valence-corrected chi connectivity index (χ4v) is 8.78. The summed E-state index contributed by atoms with van der Waals surface area (Å²) in [6.45, 7) is 17.1. The zero-order valence-corrected chi connectivity index (χ0v) is 46.2. The minimum atomic E-state index is -1.03. The molecule has 75 heavy (non-hydrogen) atoms. The number of Topliss-reactive ketones (excluding diaryl/α,β-unsaturated/α-hetero) is 1. The summed E-state index contributed by atoms with van der Waals surface area (Å²) in [5.41, 5.74) is 1.54. The summed E-state index contributed by atoms with van der Waals surface area (Å²) in [5, 5.41) is 19.3. The van der Waals surface area contributed by atoms with Gasteiger partial charge in [-0.3, -0.25) is 28.8 Å². The Morgan fingerprint density at radius 3 is 2.01 bits per heavy atom. The second-order valence-corrected chi connectivity index (χ2v) is 21.0. The molecule has 2 aromatic carbocycles. The summed E-state index contributed by atoms with van der Waals surface area (Å²) in [4.78, 5) is 81.6. The van der Waals surface area contributed by atoms with Crippen molar-refractivity contribution in [2.24, 2.45) is 11.8 Å². The van der Waals surface area contributed by atoms with Crippen LogP contribution in [0.1, 0.15) is 91.0 Å². The first-order valence-electron chi connectivity index (χ1n) is 25.9. The van der Waals surface area contributed by atoms with Crippen LogP contribution in [0, 0.1) is 11.8 Å². The number of epoxide rings is 1. The van der Waals surface area contributed by atoms with Gasteiger partial charge in [0.1, 0.15) is 55.7 Å². The topological polar surface area (TPSA) is 249 Å². The molecule has 0 unspecified atom stereocenters. The lowest BCUT2D eigenvalue weighted by atomic mass is 9.93. The van der Waals surface area contributed by atoms with Gasteiger partial charge in [-0.2, -0.15) is 3.71 Å². The maximum Gasteiger partial charge on any atom is 0.308 e. The number of quaternary nitrogens is 1. The van der Waals surface area contributed by atoms with E-state index in [2.05, 4.69) is 47.7 Å². The van der Waals surface area contributed by atoms with Crippen LogP contribution in [0.4, 0.5) is 0 Å². The van der Waals surface area contributed by atoms with E-state index in [1.54, 1.807) is 25.3 Å². The van der Waals surface area contributed by atoms with Crippen LogP contribution in [0.15, 0.2) is 54.7 Å². The number of ketones is 1. The van der Waals surface area contributed by atoms with Crippen molar-refractivity contribution in [1.82, 2.24) is 35.3 Å². The Kier molecular flexibility index (Phi) is 24.5. The van der Waals surface area contributed by atoms with Crippen LogP contribution in [0.3, 0.4) is 0 Å². The number of aromatic nitrogens is 3. The molecule has 0 saturated carbocycles. The molecule has 0 aliphatic carbocycles. The minimum Gasteiger partial charge on any atom is -0.487 e. The van der Waals surface area contributed by atoms with Crippen LogP contribution in [-0.2, 0) is 72.0 Å². The summed E-state index contributed by atoms with van der Waals surface area (Å²) in [5.74, 6) is -1.84. The van der Waals surface area contributed by atoms with E-state index in [1.165, 1.54) is 17.6 Å². The highest BCUT2D eigenvalue weighted by atomic mass is 79.9. The standard InChI is InChI=1S/C53H77BrN8O13/c1-36(2)13-16-44(51(67)55-38(5)50(66)58-45(29-37(3)4)49(65)53(7)35-74-53)57-52(68)43(17-14-40-11-9-8-10-12-40)56-48(64)33-62(19-21-69-22-20-62)32-41-15-18-46(75-39(6)63)47(30-41)73-28-27-71-24-23-70-25-26-72-34-42-31-61(54)60-59-42/h8-12,15,18,30-31,36-38,43-45H,13-14,16-17,19-29,32-35H2,1-7H3,(H3-,55,56,57,58,64,66,67,68)/p+1/t38-,43-,44-,45-,53+/m0/s1. The highest BCUT2D eigenvalue weighted by Crippen LogP contribution is 2.31. The van der Waals surface area contributed by atoms with Crippen molar-refractivity contribution in [3.05, 3.63) is 71.5 Å². The molecule has 22 heteroatoms. The average Bonchev–Trinajstić information content (AvgIpc) is 3.99. The Labute approximate surface area is 449 Å². The number of aryl methyl sites for hydroxylation is 1. The maximum atomic E-state index is 14.4. The Bertz CT molecular complexity index is 2310. The van der Waals surface area contributed by atoms with Gasteiger partial charge in [-0.25, -0.2) is 0 Å². The summed E-state index contributed by atoms with van der Waals surface area (Å²) in [6.07, 6.45) is 3.68. The van der Waals surface area contributed by atoms with Gasteiger partial charge in [0.25, 0.3) is 5.91 Å². The molecule has 0 spiro atoms. The van der Waals surface area contributed by atoms with Crippen molar-refractivity contribution in [2.75, 3.05) is 79.1 Å². The molecule has 1 aromatic heterocycles. The van der Waals surface area contributed by atoms with E-state index in [9.17, 15) is 28.8 Å². The quantitative estimate of drug-likeness (QED) is 0.0219. The molecular weight excluding hydrogens is 1040 g/mol. The van der Waals surface area contributed by atoms with Crippen molar-refractivity contribution in [2.45, 2.75) is 123 Å². The molecule has 4 amide bonds. The molecule has 3 aromatic rings. The minimum absolute atomic E-state index is 0.0118. The van der Waals surface area contributed by atoms with Crippen LogP contribution < -0.4 is 30.7 Å². The lowest BCUT2D eigenvalue weighted by Crippen LogP contribution is -2.61. The Balaban J connectivity index is 1.22. The summed E-state index contributed by atoms with van der Waals surface area (Å²) < 4.78 is 41.3. The third kappa shape index (κ3) is 21.3. The molecule has 4 N–H and O–H groups in total. The second kappa shape index (κ2) is 30.4. The second-order valence-electron chi connectivity index (χ2n) is 20.3. The molecule has 414 valence electrons. The Morgan fingerprint density at radius 2 is 1.39 bits per heavy atom. The lowest BCUT2D eigenvalue weighted by Gasteiger charge is -2.41. The zero-order chi connectivity index (χ0) is 54.4. The number of nitrogens with zero attached hydrogens (tertiary/aromatic N) is 4. The fraction of sp³-hybridized carbons (Fsp3) is 0.623. The zero-order valence-electron chi connectivity index (χ0n) is 44.6. The molecule has 21 nitrogen and oxygen atoms in total. The van der Waals surface area contributed by atoms with Crippen molar-refractivity contribution in [3.63, 3.8) is 0 Å². The summed E-state index contributed by atoms with van der Waals surface area (Å²) >= 11 is 3.18. The lowest BCUT2D eigenvalue weighted by molar-refractivity contribution is -0.940. The van der Waals surface area contributed by atoms with Gasteiger partial charge in [-0.15, -0.1) is 5.10 Å². The van der Waals surface area contributed by atoms with Crippen molar-refractivity contribution < 1.29 is 66.4 Å². The van der Waals surface area contributed by atoms with Gasteiger partial charge in [-0.05, 0) is 81.5 Å². The molecule has 2 fully saturated rings. The third-order valence-electron chi connectivity index (χ3n) is 12.7. The molecular formula is C53H78BrN8O13+. The number of nitrogens with one attached hydrogen (secondary N) is 4. The monoisotopic (exact) mass is 1110 g/mol. The van der Waals surface area contributed by atoms with Gasteiger partial charge in [0.2, 0.25) is 17.7 Å². The van der Waals surface area contributed by atoms with Crippen molar-refractivity contribution in [1.29, 1.82) is 0 Å². The van der Waals surface area contributed by atoms with Gasteiger partial charge in [0.15, 0.2) is 23.8 Å². The van der Waals surface area contributed by atoms with Crippen LogP contribution >= 0.6 is 16.1 Å². The first-order chi connectivity index (χ1) is 35.8. The number of carbonyl (C=O) groups excluding carboxylic acids is 6. The highest BCUT2D eigenvalue weighted by molar-refractivity contribution is 9.08. The molecule has 5 atom stereocenters. The van der Waals surface area contributed by atoms with E-state index in [1.807, 2.05) is 64.1 Å². The maximum absolute atomic E-state index is 14.4. The van der Waals surface area contributed by atoms with E-state index >= 15 is 0 Å². The van der Waals surface area contributed by atoms with Gasteiger partial charge in [0, 0.05) is 12.5 Å². The first-order valence-corrected chi connectivity index (χ1v) is 26.6. The highest BCUT2D eigenvalue weighted by Gasteiger charge is 2.50. The van der Waals surface area contributed by atoms with Gasteiger partial charge < -0.3 is 58.9 Å². The van der Waals surface area contributed by atoms with Crippen LogP contribution in [0.5, 0.6) is 11.5 Å². The number of hydrogen-bond donors (Lipinski definition) is 4. The van der Waals surface area contributed by atoms with Crippen molar-refractivity contribution in [3.8, 4) is 11.5 Å². The van der Waals surface area contributed by atoms with E-state index < -0.39 is 53.5 Å². The Morgan fingerprint density at radius 1 is 0.747 bits per heavy atom. The molecule has 0 bridgehead atoms. The smallest absolute Gasteiger partial charge is 0.308 e. The Hall–Kier alpha value is -5.36. The number of rotatable bonds is 34. The van der Waals surface area contributed by atoms with E-state index in [-0.39, 0.29) is 68.5 Å². The number of hydrogen-bond acceptors (Lipinski definition) is 15. The number of ether oxygens (including phenoxy) is 7. The number of halogens is 1. The number of esters is 1. The SMILES string of the molecule is CC(=O)Oc1ccc(C[N+]2(CC(=O)N[C@@H](CCc3ccccc3)C(=O)N[C@@H](CCC(C)C)C(=O)N[C@@H](C)C(=O)N[C@@H](CC(C)C)C(=O)[C@@]3(C)CO3)CCOCC2)cc1OCCOCCOCCOCc1cn(Br)nn1. The summed E-state index contributed by atoms with van der Waals surface area (Å²) in [6, 6.07) is 11.0. The van der Waals surface area contributed by atoms with E-state index in [0.29, 0.717) is 101 Å². The van der Waals surface area contributed by atoms with E-state index in [0.717, 1.165) is 11.1 Å². The molecule has 2 aliphatic heterocycles. The number of amides is 4. The molecule has 0 radical (unpaired) electrons. The van der Waals surface area contributed by atoms with Crippen LogP contribution in [0.25, 0.3) is 0 Å². The van der Waals surface area contributed by atoms with Gasteiger partial charge in [-0.1, -0.05) is 63.2 Å². The molecule has 3 heterocycles. The predicted molar refractivity (Wildman–Crippen MR) is 279 cm³/mol. The van der Waals surface area contributed by atoms with Gasteiger partial charge >= 0.3 is 5.97 Å². The molecule has 2 aliphatic rings. The van der Waals surface area contributed by atoms with Crippen LogP contribution in [-0.4, -0.2) is 163 Å². The van der Waals surface area contributed by atoms with Gasteiger partial charge in [0.05, 0.1) is 87.8 Å². The number of morpholine rings is 1. The van der Waals surface area contributed by atoms with Crippen molar-refractivity contribution >= 4 is 51.5 Å². The number of carbonyl (C=O) groups is 6. The molecule has 5 rings (SSSR count). The number of benzene rings is 2. The fourth-order valence-electron chi connectivity index (χ4n) is 8.47. The van der Waals surface area contributed by atoms with E-state index in [4.69, 9.17) is 33.2 Å².